The van der Waals surface area contributed by atoms with Crippen molar-refractivity contribution in [3.63, 3.8) is 0 Å². The molecule has 1 aromatic heterocycles. The summed E-state index contributed by atoms with van der Waals surface area (Å²) in [6.07, 6.45) is 0. The lowest BCUT2D eigenvalue weighted by Crippen LogP contribution is -2.42. The highest BCUT2D eigenvalue weighted by molar-refractivity contribution is 5.89. The topological polar surface area (TPSA) is 130 Å². The van der Waals surface area contributed by atoms with E-state index in [1.807, 2.05) is 0 Å². The Labute approximate surface area is 158 Å². The smallest absolute Gasteiger partial charge is 0.316 e. The highest BCUT2D eigenvalue weighted by atomic mass is 16.6. The Morgan fingerprint density at radius 3 is 2.57 bits per heavy atom. The zero-order valence-electron chi connectivity index (χ0n) is 15.1. The SMILES string of the molecule is Cc1cc2[nH]c(=O)c(=O)n(CN(C)C(=O)Nc3ccccc3)c2cc1[N+](=O)[O-]. The summed E-state index contributed by atoms with van der Waals surface area (Å²) in [6.45, 7) is 1.27. The number of benzene rings is 2. The second-order valence-corrected chi connectivity index (χ2v) is 6.24. The molecule has 144 valence electrons. The number of aryl methyl sites for hydroxylation is 1. The zero-order valence-corrected chi connectivity index (χ0v) is 15.1. The summed E-state index contributed by atoms with van der Waals surface area (Å²) in [5.74, 6) is 0. The Bertz CT molecular complexity index is 1180. The molecule has 0 spiro atoms. The molecule has 0 saturated carbocycles. The van der Waals surface area contributed by atoms with Gasteiger partial charge in [-0.15, -0.1) is 0 Å². The molecule has 0 saturated heterocycles. The predicted octanol–water partition coefficient (Wildman–Crippen LogP) is 2.03. The van der Waals surface area contributed by atoms with Crippen LogP contribution in [0.1, 0.15) is 5.56 Å². The molecule has 1 heterocycles. The van der Waals surface area contributed by atoms with E-state index in [-0.39, 0.29) is 23.4 Å². The lowest BCUT2D eigenvalue weighted by Gasteiger charge is -2.20. The number of urea groups is 1. The summed E-state index contributed by atoms with van der Waals surface area (Å²) in [5, 5.41) is 13.9. The van der Waals surface area contributed by atoms with Gasteiger partial charge in [0.25, 0.3) is 5.69 Å². The van der Waals surface area contributed by atoms with Crippen molar-refractivity contribution in [1.29, 1.82) is 0 Å². The van der Waals surface area contributed by atoms with Crippen molar-refractivity contribution >= 4 is 28.4 Å². The molecule has 0 aliphatic rings. The number of nitrogens with one attached hydrogen (secondary N) is 2. The molecule has 0 aliphatic heterocycles. The Morgan fingerprint density at radius 1 is 1.25 bits per heavy atom. The number of carbonyl (C=O) groups is 1. The standard InChI is InChI=1S/C18H17N5O5/c1-11-8-13-15(9-14(11)23(27)28)22(17(25)16(24)20-13)10-21(2)18(26)19-12-6-4-3-5-7-12/h3-9H,10H2,1-2H3,(H,19,26)(H,20,24). The fraction of sp³-hybridized carbons (Fsp3) is 0.167. The van der Waals surface area contributed by atoms with Crippen LogP contribution in [0, 0.1) is 17.0 Å². The van der Waals surface area contributed by atoms with Crippen LogP contribution in [-0.4, -0.2) is 32.5 Å². The first-order valence-corrected chi connectivity index (χ1v) is 8.27. The minimum Gasteiger partial charge on any atom is -0.316 e. The number of amides is 2. The number of nitro benzene ring substituents is 1. The van der Waals surface area contributed by atoms with Crippen LogP contribution in [0.25, 0.3) is 11.0 Å². The number of H-pyrrole nitrogens is 1. The first kappa shape index (κ1) is 18.8. The van der Waals surface area contributed by atoms with Gasteiger partial charge in [-0.1, -0.05) is 18.2 Å². The third kappa shape index (κ3) is 3.61. The Hall–Kier alpha value is -3.95. The van der Waals surface area contributed by atoms with Crippen LogP contribution < -0.4 is 16.4 Å². The minimum absolute atomic E-state index is 0.154. The van der Waals surface area contributed by atoms with E-state index in [0.717, 1.165) is 4.57 Å². The normalized spacial score (nSPS) is 10.6. The van der Waals surface area contributed by atoms with Gasteiger partial charge in [-0.25, -0.2) is 4.79 Å². The molecule has 0 bridgehead atoms. The van der Waals surface area contributed by atoms with Crippen molar-refractivity contribution in [2.24, 2.45) is 0 Å². The largest absolute Gasteiger partial charge is 0.323 e. The Morgan fingerprint density at radius 2 is 1.93 bits per heavy atom. The van der Waals surface area contributed by atoms with E-state index in [0.29, 0.717) is 11.3 Å². The number of rotatable bonds is 4. The van der Waals surface area contributed by atoms with Crippen molar-refractivity contribution in [3.05, 3.63) is 78.8 Å². The molecule has 28 heavy (non-hydrogen) atoms. The van der Waals surface area contributed by atoms with Gasteiger partial charge in [0.1, 0.15) is 6.67 Å². The van der Waals surface area contributed by atoms with E-state index in [9.17, 15) is 24.5 Å². The molecule has 10 nitrogen and oxygen atoms in total. The molecule has 3 aromatic rings. The summed E-state index contributed by atoms with van der Waals surface area (Å²) >= 11 is 0. The fourth-order valence-corrected chi connectivity index (χ4v) is 2.77. The van der Waals surface area contributed by atoms with Crippen LogP contribution in [0.2, 0.25) is 0 Å². The lowest BCUT2D eigenvalue weighted by atomic mass is 10.1. The molecule has 3 rings (SSSR count). The van der Waals surface area contributed by atoms with Gasteiger partial charge in [-0.3, -0.25) is 24.3 Å². The molecule has 0 aliphatic carbocycles. The number of anilines is 1. The molecular weight excluding hydrogens is 366 g/mol. The predicted molar refractivity (Wildman–Crippen MR) is 103 cm³/mol. The van der Waals surface area contributed by atoms with E-state index in [4.69, 9.17) is 0 Å². The lowest BCUT2D eigenvalue weighted by molar-refractivity contribution is -0.385. The summed E-state index contributed by atoms with van der Waals surface area (Å²) in [7, 11) is 1.44. The highest BCUT2D eigenvalue weighted by Crippen LogP contribution is 2.23. The van der Waals surface area contributed by atoms with E-state index < -0.39 is 22.1 Å². The molecule has 0 radical (unpaired) electrons. The molecule has 0 unspecified atom stereocenters. The number of carbonyl (C=O) groups excluding carboxylic acids is 1. The molecule has 10 heteroatoms. The van der Waals surface area contributed by atoms with Crippen molar-refractivity contribution in [2.75, 3.05) is 12.4 Å². The Balaban J connectivity index is 2.01. The number of hydrogen-bond donors (Lipinski definition) is 2. The average molecular weight is 383 g/mol. The number of aromatic amines is 1. The van der Waals surface area contributed by atoms with Crippen molar-refractivity contribution in [3.8, 4) is 0 Å². The first-order valence-electron chi connectivity index (χ1n) is 8.27. The van der Waals surface area contributed by atoms with Crippen LogP contribution in [0.5, 0.6) is 0 Å². The molecule has 2 amide bonds. The van der Waals surface area contributed by atoms with Crippen LogP contribution in [-0.2, 0) is 6.67 Å². The summed E-state index contributed by atoms with van der Waals surface area (Å²) < 4.78 is 1.03. The minimum atomic E-state index is -0.912. The van der Waals surface area contributed by atoms with Gasteiger partial charge in [0.2, 0.25) is 0 Å². The van der Waals surface area contributed by atoms with Crippen LogP contribution in [0.4, 0.5) is 16.2 Å². The maximum atomic E-state index is 12.4. The maximum Gasteiger partial charge on any atom is 0.323 e. The first-order chi connectivity index (χ1) is 13.3. The van der Waals surface area contributed by atoms with E-state index in [1.54, 1.807) is 30.3 Å². The number of nitro groups is 1. The second-order valence-electron chi connectivity index (χ2n) is 6.24. The maximum absolute atomic E-state index is 12.4. The van der Waals surface area contributed by atoms with Crippen molar-refractivity contribution < 1.29 is 9.72 Å². The van der Waals surface area contributed by atoms with E-state index in [1.165, 1.54) is 31.0 Å². The molecule has 2 aromatic carbocycles. The summed E-state index contributed by atoms with van der Waals surface area (Å²) in [4.78, 5) is 51.0. The van der Waals surface area contributed by atoms with Gasteiger partial charge in [-0.05, 0) is 25.1 Å². The van der Waals surface area contributed by atoms with Gasteiger partial charge in [0.05, 0.1) is 16.0 Å². The summed E-state index contributed by atoms with van der Waals surface area (Å²) in [5.41, 5.74) is -0.653. The molecule has 0 fully saturated rings. The zero-order chi connectivity index (χ0) is 20.4. The van der Waals surface area contributed by atoms with Crippen LogP contribution in [0.15, 0.2) is 52.1 Å². The quantitative estimate of drug-likeness (QED) is 0.404. The van der Waals surface area contributed by atoms with Crippen molar-refractivity contribution in [1.82, 2.24) is 14.5 Å². The molecular formula is C18H17N5O5. The summed E-state index contributed by atoms with van der Waals surface area (Å²) in [6, 6.07) is 10.8. The number of nitrogens with zero attached hydrogens (tertiary/aromatic N) is 3. The van der Waals surface area contributed by atoms with Gasteiger partial charge >= 0.3 is 17.1 Å². The Kier molecular flexibility index (Phi) is 4.94. The van der Waals surface area contributed by atoms with Crippen LogP contribution in [0.3, 0.4) is 0 Å². The third-order valence-electron chi connectivity index (χ3n) is 4.21. The van der Waals surface area contributed by atoms with Crippen molar-refractivity contribution in [2.45, 2.75) is 13.6 Å². The van der Waals surface area contributed by atoms with Gasteiger partial charge in [-0.2, -0.15) is 0 Å². The fourth-order valence-electron chi connectivity index (χ4n) is 2.77. The van der Waals surface area contributed by atoms with E-state index >= 15 is 0 Å². The number of aromatic nitrogens is 2. The van der Waals surface area contributed by atoms with Gasteiger partial charge < -0.3 is 15.2 Å². The number of para-hydroxylation sites is 1. The van der Waals surface area contributed by atoms with Gasteiger partial charge in [0, 0.05) is 24.4 Å². The van der Waals surface area contributed by atoms with E-state index in [2.05, 4.69) is 10.3 Å². The number of fused-ring (bicyclic) bond motifs is 1. The molecule has 2 N–H and O–H groups in total. The highest BCUT2D eigenvalue weighted by Gasteiger charge is 2.18. The monoisotopic (exact) mass is 383 g/mol. The van der Waals surface area contributed by atoms with Crippen LogP contribution >= 0.6 is 0 Å². The second kappa shape index (κ2) is 7.35. The third-order valence-corrected chi connectivity index (χ3v) is 4.21. The number of hydrogen-bond acceptors (Lipinski definition) is 5. The van der Waals surface area contributed by atoms with Gasteiger partial charge in [0.15, 0.2) is 0 Å². The molecule has 0 atom stereocenters. The average Bonchev–Trinajstić information content (AvgIpc) is 2.65.